The van der Waals surface area contributed by atoms with Gasteiger partial charge in [-0.25, -0.2) is 4.98 Å². The fourth-order valence-corrected chi connectivity index (χ4v) is 3.69. The van der Waals surface area contributed by atoms with Crippen LogP contribution in [0, 0.1) is 5.92 Å². The SMILES string of the molecule is COc1ccc2nc(Cl)sc2c1C(=O)N[C@@H]1CC[C@@H]1C(=O)O. The molecular weight excluding hydrogens is 328 g/mol. The minimum Gasteiger partial charge on any atom is -0.496 e. The van der Waals surface area contributed by atoms with Gasteiger partial charge in [0.2, 0.25) is 0 Å². The first-order valence-electron chi connectivity index (χ1n) is 6.68. The molecule has 1 aliphatic carbocycles. The molecule has 0 bridgehead atoms. The van der Waals surface area contributed by atoms with Crippen LogP contribution < -0.4 is 10.1 Å². The molecule has 8 heteroatoms. The maximum Gasteiger partial charge on any atom is 0.308 e. The van der Waals surface area contributed by atoms with Crippen molar-refractivity contribution in [3.63, 3.8) is 0 Å². The van der Waals surface area contributed by atoms with E-state index in [1.165, 1.54) is 18.4 Å². The maximum atomic E-state index is 12.6. The van der Waals surface area contributed by atoms with E-state index in [-0.39, 0.29) is 11.9 Å². The van der Waals surface area contributed by atoms with Crippen molar-refractivity contribution < 1.29 is 19.4 Å². The highest BCUT2D eigenvalue weighted by molar-refractivity contribution is 7.22. The average molecular weight is 341 g/mol. The predicted octanol–water partition coefficient (Wildman–Crippen LogP) is 2.55. The molecule has 0 unspecified atom stereocenters. The lowest BCUT2D eigenvalue weighted by atomic mass is 9.79. The number of halogens is 1. The number of rotatable bonds is 4. The number of fused-ring (bicyclic) bond motifs is 1. The molecule has 0 aliphatic heterocycles. The van der Waals surface area contributed by atoms with Gasteiger partial charge in [0.15, 0.2) is 4.47 Å². The van der Waals surface area contributed by atoms with Crippen LogP contribution in [0.25, 0.3) is 10.2 Å². The molecule has 2 atom stereocenters. The van der Waals surface area contributed by atoms with Crippen LogP contribution in [0.4, 0.5) is 0 Å². The molecule has 3 rings (SSSR count). The van der Waals surface area contributed by atoms with Crippen molar-refractivity contribution >= 4 is 45.0 Å². The number of thiazole rings is 1. The minimum atomic E-state index is -0.887. The van der Waals surface area contributed by atoms with Gasteiger partial charge in [-0.05, 0) is 25.0 Å². The molecule has 1 aromatic heterocycles. The number of nitrogens with zero attached hydrogens (tertiary/aromatic N) is 1. The third kappa shape index (κ3) is 2.50. The molecule has 6 nitrogen and oxygen atoms in total. The number of benzene rings is 1. The fourth-order valence-electron chi connectivity index (χ4n) is 2.54. The molecule has 2 aromatic rings. The molecule has 0 spiro atoms. The van der Waals surface area contributed by atoms with E-state index in [9.17, 15) is 9.59 Å². The number of aromatic nitrogens is 1. The van der Waals surface area contributed by atoms with Crippen LogP contribution in [0.2, 0.25) is 4.47 Å². The zero-order chi connectivity index (χ0) is 15.9. The molecule has 1 amide bonds. The Morgan fingerprint density at radius 3 is 2.82 bits per heavy atom. The molecule has 1 heterocycles. The summed E-state index contributed by atoms with van der Waals surface area (Å²) in [6.45, 7) is 0. The van der Waals surface area contributed by atoms with Crippen molar-refractivity contribution in [1.82, 2.24) is 10.3 Å². The summed E-state index contributed by atoms with van der Waals surface area (Å²) in [5.74, 6) is -1.36. The van der Waals surface area contributed by atoms with Gasteiger partial charge in [-0.3, -0.25) is 9.59 Å². The van der Waals surface area contributed by atoms with Gasteiger partial charge in [0.05, 0.1) is 23.2 Å². The number of methoxy groups -OCH3 is 1. The van der Waals surface area contributed by atoms with Gasteiger partial charge in [0, 0.05) is 6.04 Å². The lowest BCUT2D eigenvalue weighted by Gasteiger charge is -2.34. The zero-order valence-corrected chi connectivity index (χ0v) is 13.2. The van der Waals surface area contributed by atoms with E-state index in [1.54, 1.807) is 12.1 Å². The van der Waals surface area contributed by atoms with Gasteiger partial charge in [-0.2, -0.15) is 0 Å². The lowest BCUT2D eigenvalue weighted by Crippen LogP contribution is -2.49. The summed E-state index contributed by atoms with van der Waals surface area (Å²) in [4.78, 5) is 27.8. The van der Waals surface area contributed by atoms with Gasteiger partial charge in [0.1, 0.15) is 11.3 Å². The topological polar surface area (TPSA) is 88.5 Å². The molecule has 0 saturated heterocycles. The summed E-state index contributed by atoms with van der Waals surface area (Å²) in [5.41, 5.74) is 0.963. The van der Waals surface area contributed by atoms with Crippen LogP contribution in [-0.4, -0.2) is 35.1 Å². The fraction of sp³-hybridized carbons (Fsp3) is 0.357. The first kappa shape index (κ1) is 15.1. The molecule has 0 radical (unpaired) electrons. The number of carbonyl (C=O) groups is 2. The monoisotopic (exact) mass is 340 g/mol. The third-order valence-electron chi connectivity index (χ3n) is 3.85. The second-order valence-electron chi connectivity index (χ2n) is 5.06. The number of aliphatic carboxylic acids is 1. The van der Waals surface area contributed by atoms with Crippen LogP contribution >= 0.6 is 22.9 Å². The van der Waals surface area contributed by atoms with Crippen LogP contribution in [0.1, 0.15) is 23.2 Å². The van der Waals surface area contributed by atoms with Crippen LogP contribution in [0.3, 0.4) is 0 Å². The first-order valence-corrected chi connectivity index (χ1v) is 7.87. The molecular formula is C14H13ClN2O4S. The molecule has 2 N–H and O–H groups in total. The summed E-state index contributed by atoms with van der Waals surface area (Å²) in [6.07, 6.45) is 1.23. The van der Waals surface area contributed by atoms with Crippen molar-refractivity contribution in [2.75, 3.05) is 7.11 Å². The van der Waals surface area contributed by atoms with Crippen LogP contribution in [0.15, 0.2) is 12.1 Å². The number of amides is 1. The molecule has 1 aromatic carbocycles. The standard InChI is InChI=1S/C14H13ClN2O4S/c1-21-9-5-4-8-11(22-14(15)17-8)10(9)12(18)16-7-3-2-6(7)13(19)20/h4-7H,2-3H2,1H3,(H,16,18)(H,19,20)/t6-,7+/m0/s1. The van der Waals surface area contributed by atoms with Gasteiger partial charge in [-0.15, -0.1) is 11.3 Å². The Labute approximate surface area is 135 Å². The lowest BCUT2D eigenvalue weighted by molar-refractivity contribution is -0.145. The van der Waals surface area contributed by atoms with Gasteiger partial charge in [-0.1, -0.05) is 11.6 Å². The molecule has 1 aliphatic rings. The molecule has 116 valence electrons. The second kappa shape index (κ2) is 5.73. The van der Waals surface area contributed by atoms with E-state index in [4.69, 9.17) is 21.4 Å². The third-order valence-corrected chi connectivity index (χ3v) is 5.04. The molecule has 22 heavy (non-hydrogen) atoms. The normalized spacial score (nSPS) is 20.5. The number of hydrogen-bond donors (Lipinski definition) is 2. The Morgan fingerprint density at radius 2 is 2.23 bits per heavy atom. The van der Waals surface area contributed by atoms with Gasteiger partial charge >= 0.3 is 5.97 Å². The average Bonchev–Trinajstić information content (AvgIpc) is 2.81. The maximum absolute atomic E-state index is 12.6. The predicted molar refractivity (Wildman–Crippen MR) is 82.8 cm³/mol. The van der Waals surface area contributed by atoms with Crippen molar-refractivity contribution in [1.29, 1.82) is 0 Å². The first-order chi connectivity index (χ1) is 10.5. The minimum absolute atomic E-state index is 0.337. The van der Waals surface area contributed by atoms with Crippen LogP contribution in [0.5, 0.6) is 5.75 Å². The highest BCUT2D eigenvalue weighted by atomic mass is 35.5. The summed E-state index contributed by atoms with van der Waals surface area (Å²) in [5, 5.41) is 11.8. The smallest absolute Gasteiger partial charge is 0.308 e. The Hall–Kier alpha value is -1.86. The Bertz CT molecular complexity index is 761. The van der Waals surface area contributed by atoms with E-state index in [2.05, 4.69) is 10.3 Å². The Kier molecular flexibility index (Phi) is 3.92. The van der Waals surface area contributed by atoms with Crippen molar-refractivity contribution in [3.05, 3.63) is 22.2 Å². The Balaban J connectivity index is 1.94. The largest absolute Gasteiger partial charge is 0.496 e. The summed E-state index contributed by atoms with van der Waals surface area (Å²) < 4.78 is 6.22. The van der Waals surface area contributed by atoms with E-state index in [1.807, 2.05) is 0 Å². The number of nitrogens with one attached hydrogen (secondary N) is 1. The Morgan fingerprint density at radius 1 is 1.45 bits per heavy atom. The summed E-state index contributed by atoms with van der Waals surface area (Å²) in [6, 6.07) is 3.03. The number of ether oxygens (including phenoxy) is 1. The zero-order valence-electron chi connectivity index (χ0n) is 11.6. The number of carboxylic acid groups (broad SMARTS) is 1. The number of carboxylic acids is 1. The van der Waals surface area contributed by atoms with Crippen molar-refractivity contribution in [2.24, 2.45) is 5.92 Å². The molecule has 1 fully saturated rings. The number of hydrogen-bond acceptors (Lipinski definition) is 5. The van der Waals surface area contributed by atoms with Crippen molar-refractivity contribution in [2.45, 2.75) is 18.9 Å². The van der Waals surface area contributed by atoms with E-state index in [0.717, 1.165) is 0 Å². The van der Waals surface area contributed by atoms with Gasteiger partial charge < -0.3 is 15.2 Å². The van der Waals surface area contributed by atoms with Crippen molar-refractivity contribution in [3.8, 4) is 5.75 Å². The van der Waals surface area contributed by atoms with E-state index < -0.39 is 11.9 Å². The van der Waals surface area contributed by atoms with Gasteiger partial charge in [0.25, 0.3) is 5.91 Å². The summed E-state index contributed by atoms with van der Waals surface area (Å²) in [7, 11) is 1.48. The van der Waals surface area contributed by atoms with Crippen LogP contribution in [-0.2, 0) is 4.79 Å². The number of carbonyl (C=O) groups excluding carboxylic acids is 1. The highest BCUT2D eigenvalue weighted by Gasteiger charge is 2.38. The molecule has 1 saturated carbocycles. The van der Waals surface area contributed by atoms with E-state index in [0.29, 0.717) is 38.8 Å². The quantitative estimate of drug-likeness (QED) is 0.893. The summed E-state index contributed by atoms with van der Waals surface area (Å²) >= 11 is 7.11. The second-order valence-corrected chi connectivity index (χ2v) is 6.64. The van der Waals surface area contributed by atoms with E-state index >= 15 is 0 Å². The highest BCUT2D eigenvalue weighted by Crippen LogP contribution is 2.35.